The van der Waals surface area contributed by atoms with Gasteiger partial charge in [0.25, 0.3) is 0 Å². The Morgan fingerprint density at radius 2 is 1.69 bits per heavy atom. The Morgan fingerprint density at radius 3 is 2.31 bits per heavy atom. The van der Waals surface area contributed by atoms with Crippen molar-refractivity contribution in [1.29, 1.82) is 0 Å². The molecule has 3 rings (SSSR count). The van der Waals surface area contributed by atoms with Crippen LogP contribution in [-0.4, -0.2) is 57.4 Å². The molecule has 0 unspecified atom stereocenters. The summed E-state index contributed by atoms with van der Waals surface area (Å²) in [6, 6.07) is 5.74. The topological polar surface area (TPSA) is 90.0 Å². The fourth-order valence-corrected chi connectivity index (χ4v) is 4.66. The summed E-state index contributed by atoms with van der Waals surface area (Å²) in [6.45, 7) is 1.08. The highest BCUT2D eigenvalue weighted by molar-refractivity contribution is 7.89. The average molecular weight is 381 g/mol. The summed E-state index contributed by atoms with van der Waals surface area (Å²) in [5, 5.41) is 0. The second-order valence-corrected chi connectivity index (χ2v) is 8.49. The van der Waals surface area contributed by atoms with E-state index in [9.17, 15) is 18.0 Å². The number of esters is 1. The summed E-state index contributed by atoms with van der Waals surface area (Å²) in [7, 11) is -3.58. The van der Waals surface area contributed by atoms with Gasteiger partial charge in [-0.05, 0) is 37.1 Å². The van der Waals surface area contributed by atoms with Crippen LogP contribution in [0.15, 0.2) is 29.2 Å². The van der Waals surface area contributed by atoms with Crippen molar-refractivity contribution in [3.05, 3.63) is 29.8 Å². The van der Waals surface area contributed by atoms with Crippen LogP contribution >= 0.6 is 0 Å². The normalized spacial score (nSPS) is 19.4. The molecule has 1 aromatic carbocycles. The fourth-order valence-electron chi connectivity index (χ4n) is 3.25. The van der Waals surface area contributed by atoms with Gasteiger partial charge >= 0.3 is 5.97 Å². The van der Waals surface area contributed by atoms with Gasteiger partial charge in [-0.2, -0.15) is 4.31 Å². The maximum atomic E-state index is 12.5. The number of nitrogens with zero attached hydrogens (tertiary/aromatic N) is 1. The number of hydrogen-bond donors (Lipinski definition) is 0. The summed E-state index contributed by atoms with van der Waals surface area (Å²) in [5.41, 5.74) is 0.324. The van der Waals surface area contributed by atoms with E-state index in [-0.39, 0.29) is 29.2 Å². The standard InChI is InChI=1S/C18H23NO6S/c20-17(13-25-18(21)15-3-1-2-4-15)14-5-7-16(8-6-14)26(22,23)19-9-11-24-12-10-19/h5-8,15H,1-4,9-13H2. The minimum Gasteiger partial charge on any atom is -0.457 e. The highest BCUT2D eigenvalue weighted by atomic mass is 32.2. The van der Waals surface area contributed by atoms with Gasteiger partial charge in [0.1, 0.15) is 0 Å². The molecule has 142 valence electrons. The second kappa shape index (κ2) is 8.28. The van der Waals surface area contributed by atoms with Gasteiger partial charge in [-0.3, -0.25) is 9.59 Å². The minimum absolute atomic E-state index is 0.0937. The first kappa shape index (κ1) is 19.0. The number of sulfonamides is 1. The Balaban J connectivity index is 1.59. The van der Waals surface area contributed by atoms with E-state index in [1.807, 2.05) is 0 Å². The monoisotopic (exact) mass is 381 g/mol. The lowest BCUT2D eigenvalue weighted by atomic mass is 10.1. The second-order valence-electron chi connectivity index (χ2n) is 6.55. The van der Waals surface area contributed by atoms with E-state index >= 15 is 0 Å². The average Bonchev–Trinajstić information content (AvgIpc) is 3.21. The first-order valence-corrected chi connectivity index (χ1v) is 10.3. The van der Waals surface area contributed by atoms with Gasteiger partial charge in [-0.15, -0.1) is 0 Å². The van der Waals surface area contributed by atoms with Crippen LogP contribution in [0, 0.1) is 5.92 Å². The molecule has 2 aliphatic rings. The zero-order valence-electron chi connectivity index (χ0n) is 14.6. The SMILES string of the molecule is O=C(COC(=O)C1CCCC1)c1ccc(S(=O)(=O)N2CCOCC2)cc1. The van der Waals surface area contributed by atoms with Crippen LogP contribution < -0.4 is 0 Å². The number of carbonyl (C=O) groups is 2. The quantitative estimate of drug-likeness (QED) is 0.549. The van der Waals surface area contributed by atoms with Gasteiger partial charge in [0.05, 0.1) is 24.0 Å². The zero-order valence-corrected chi connectivity index (χ0v) is 15.4. The number of ketones is 1. The third-order valence-corrected chi connectivity index (χ3v) is 6.73. The number of ether oxygens (including phenoxy) is 2. The fraction of sp³-hybridized carbons (Fsp3) is 0.556. The Bertz CT molecular complexity index is 746. The van der Waals surface area contributed by atoms with Crippen LogP contribution in [0.2, 0.25) is 0 Å². The molecule has 1 aromatic rings. The van der Waals surface area contributed by atoms with Gasteiger partial charge in [-0.25, -0.2) is 8.42 Å². The van der Waals surface area contributed by atoms with Crippen molar-refractivity contribution >= 4 is 21.8 Å². The molecule has 1 aliphatic carbocycles. The highest BCUT2D eigenvalue weighted by Crippen LogP contribution is 2.25. The number of morpholine rings is 1. The summed E-state index contributed by atoms with van der Waals surface area (Å²) >= 11 is 0. The Morgan fingerprint density at radius 1 is 1.08 bits per heavy atom. The minimum atomic E-state index is -3.58. The van der Waals surface area contributed by atoms with Gasteiger partial charge in [0, 0.05) is 18.7 Å². The molecule has 0 spiro atoms. The summed E-state index contributed by atoms with van der Waals surface area (Å²) in [6.07, 6.45) is 3.68. The van der Waals surface area contributed by atoms with Crippen LogP contribution in [-0.2, 0) is 24.3 Å². The number of Topliss-reactive ketones (excluding diaryl/α,β-unsaturated/α-hetero) is 1. The molecule has 0 atom stereocenters. The maximum Gasteiger partial charge on any atom is 0.309 e. The first-order chi connectivity index (χ1) is 12.5. The number of hydrogen-bond acceptors (Lipinski definition) is 6. The van der Waals surface area contributed by atoms with Crippen LogP contribution in [0.4, 0.5) is 0 Å². The molecule has 1 heterocycles. The molecule has 0 radical (unpaired) electrons. The molecule has 1 saturated heterocycles. The van der Waals surface area contributed by atoms with Crippen LogP contribution in [0.1, 0.15) is 36.0 Å². The predicted octanol–water partition coefficient (Wildman–Crippen LogP) is 1.62. The van der Waals surface area contributed by atoms with Crippen molar-refractivity contribution in [2.24, 2.45) is 5.92 Å². The zero-order chi connectivity index (χ0) is 18.6. The number of benzene rings is 1. The Kier molecular flexibility index (Phi) is 6.05. The van der Waals surface area contributed by atoms with Gasteiger partial charge < -0.3 is 9.47 Å². The molecule has 0 amide bonds. The molecule has 0 aromatic heterocycles. The van der Waals surface area contributed by atoms with E-state index in [1.165, 1.54) is 28.6 Å². The third-order valence-electron chi connectivity index (χ3n) is 4.82. The summed E-state index contributed by atoms with van der Waals surface area (Å²) in [4.78, 5) is 24.2. The van der Waals surface area contributed by atoms with E-state index in [2.05, 4.69) is 0 Å². The van der Waals surface area contributed by atoms with Crippen molar-refractivity contribution in [1.82, 2.24) is 4.31 Å². The molecular formula is C18H23NO6S. The van der Waals surface area contributed by atoms with Gasteiger partial charge in [0.15, 0.2) is 12.4 Å². The Labute approximate surface area is 153 Å². The smallest absolute Gasteiger partial charge is 0.309 e. The molecular weight excluding hydrogens is 358 g/mol. The number of carbonyl (C=O) groups excluding carboxylic acids is 2. The maximum absolute atomic E-state index is 12.5. The molecule has 1 saturated carbocycles. The van der Waals surface area contributed by atoms with E-state index in [0.29, 0.717) is 31.9 Å². The lowest BCUT2D eigenvalue weighted by molar-refractivity contribution is -0.147. The number of rotatable bonds is 6. The summed E-state index contributed by atoms with van der Waals surface area (Å²) in [5.74, 6) is -0.752. The Hall–Kier alpha value is -1.77. The predicted molar refractivity (Wildman–Crippen MR) is 93.3 cm³/mol. The van der Waals surface area contributed by atoms with Crippen molar-refractivity contribution in [2.45, 2.75) is 30.6 Å². The first-order valence-electron chi connectivity index (χ1n) is 8.86. The van der Waals surface area contributed by atoms with Crippen LogP contribution in [0.5, 0.6) is 0 Å². The lowest BCUT2D eigenvalue weighted by Gasteiger charge is -2.26. The molecule has 2 fully saturated rings. The van der Waals surface area contributed by atoms with E-state index < -0.39 is 10.0 Å². The summed E-state index contributed by atoms with van der Waals surface area (Å²) < 4.78 is 36.7. The van der Waals surface area contributed by atoms with Crippen LogP contribution in [0.3, 0.4) is 0 Å². The lowest BCUT2D eigenvalue weighted by Crippen LogP contribution is -2.40. The molecule has 8 heteroatoms. The van der Waals surface area contributed by atoms with Crippen molar-refractivity contribution in [2.75, 3.05) is 32.9 Å². The van der Waals surface area contributed by atoms with E-state index in [4.69, 9.17) is 9.47 Å². The van der Waals surface area contributed by atoms with E-state index in [0.717, 1.165) is 25.7 Å². The molecule has 7 nitrogen and oxygen atoms in total. The van der Waals surface area contributed by atoms with Gasteiger partial charge in [-0.1, -0.05) is 12.8 Å². The van der Waals surface area contributed by atoms with Crippen molar-refractivity contribution in [3.63, 3.8) is 0 Å². The highest BCUT2D eigenvalue weighted by Gasteiger charge is 2.27. The molecule has 0 N–H and O–H groups in total. The molecule has 26 heavy (non-hydrogen) atoms. The molecule has 0 bridgehead atoms. The largest absolute Gasteiger partial charge is 0.457 e. The molecule has 1 aliphatic heterocycles. The van der Waals surface area contributed by atoms with Gasteiger partial charge in [0.2, 0.25) is 10.0 Å². The van der Waals surface area contributed by atoms with Crippen molar-refractivity contribution in [3.8, 4) is 0 Å². The van der Waals surface area contributed by atoms with E-state index in [1.54, 1.807) is 0 Å². The van der Waals surface area contributed by atoms with Crippen molar-refractivity contribution < 1.29 is 27.5 Å². The third kappa shape index (κ3) is 4.31. The van der Waals surface area contributed by atoms with Crippen LogP contribution in [0.25, 0.3) is 0 Å².